The summed E-state index contributed by atoms with van der Waals surface area (Å²) in [5.41, 5.74) is 0.563. The van der Waals surface area contributed by atoms with Crippen molar-refractivity contribution in [3.05, 3.63) is 29.8 Å². The van der Waals surface area contributed by atoms with Crippen LogP contribution in [0.3, 0.4) is 0 Å². The van der Waals surface area contributed by atoms with Crippen molar-refractivity contribution in [3.63, 3.8) is 0 Å². The third-order valence-corrected chi connectivity index (χ3v) is 6.49. The van der Waals surface area contributed by atoms with Crippen molar-refractivity contribution in [3.8, 4) is 0 Å². The van der Waals surface area contributed by atoms with Gasteiger partial charge in [0.2, 0.25) is 5.91 Å². The monoisotopic (exact) mass is 293 g/mol. The van der Waals surface area contributed by atoms with Crippen LogP contribution in [0.1, 0.15) is 44.1 Å². The summed E-state index contributed by atoms with van der Waals surface area (Å²) < 4.78 is 26.9. The quantitative estimate of drug-likeness (QED) is 0.842. The molecule has 5 heteroatoms. The standard InChI is InChI=1S/C15H19NO3S/c1-12-4-6-13(7-5-12)20(18,19)16-14(17)8-11-15(16)9-2-3-10-15/h4-7H,2-3,8-11H2,1H3. The molecule has 20 heavy (non-hydrogen) atoms. The number of hydrogen-bond acceptors (Lipinski definition) is 3. The zero-order chi connectivity index (χ0) is 14.4. The molecule has 4 nitrogen and oxygen atoms in total. The average molecular weight is 293 g/mol. The van der Waals surface area contributed by atoms with Gasteiger partial charge < -0.3 is 0 Å². The van der Waals surface area contributed by atoms with E-state index in [0.29, 0.717) is 12.8 Å². The summed E-state index contributed by atoms with van der Waals surface area (Å²) >= 11 is 0. The lowest BCUT2D eigenvalue weighted by Crippen LogP contribution is -2.47. The van der Waals surface area contributed by atoms with E-state index < -0.39 is 15.6 Å². The molecule has 3 rings (SSSR count). The fourth-order valence-electron chi connectivity index (χ4n) is 3.50. The van der Waals surface area contributed by atoms with Crippen molar-refractivity contribution in [2.24, 2.45) is 0 Å². The lowest BCUT2D eigenvalue weighted by Gasteiger charge is -2.34. The van der Waals surface area contributed by atoms with Gasteiger partial charge >= 0.3 is 0 Å². The summed E-state index contributed by atoms with van der Waals surface area (Å²) in [7, 11) is -3.71. The molecule has 2 aliphatic rings. The van der Waals surface area contributed by atoms with Crippen molar-refractivity contribution in [2.45, 2.75) is 55.9 Å². The van der Waals surface area contributed by atoms with Crippen LogP contribution in [-0.4, -0.2) is 24.2 Å². The first-order chi connectivity index (χ1) is 9.46. The lowest BCUT2D eigenvalue weighted by molar-refractivity contribution is -0.125. The van der Waals surface area contributed by atoms with Gasteiger partial charge in [0.1, 0.15) is 0 Å². The zero-order valence-corrected chi connectivity index (χ0v) is 12.4. The Morgan fingerprint density at radius 1 is 1.05 bits per heavy atom. The summed E-state index contributed by atoms with van der Waals surface area (Å²) in [5, 5.41) is 0. The first kappa shape index (κ1) is 13.6. The van der Waals surface area contributed by atoms with E-state index in [1.165, 1.54) is 4.31 Å². The number of nitrogens with zero attached hydrogens (tertiary/aromatic N) is 1. The molecule has 1 heterocycles. The Labute approximate surface area is 119 Å². The van der Waals surface area contributed by atoms with Gasteiger partial charge in [0.15, 0.2) is 0 Å². The molecule has 1 spiro atoms. The Morgan fingerprint density at radius 2 is 1.65 bits per heavy atom. The molecule has 1 aliphatic heterocycles. The molecule has 0 aromatic heterocycles. The second-order valence-corrected chi connectivity index (χ2v) is 7.69. The zero-order valence-electron chi connectivity index (χ0n) is 11.6. The fraction of sp³-hybridized carbons (Fsp3) is 0.533. The van der Waals surface area contributed by atoms with E-state index in [0.717, 1.165) is 31.2 Å². The molecule has 1 aromatic carbocycles. The predicted octanol–water partition coefficient (Wildman–Crippen LogP) is 2.62. The number of sulfonamides is 1. The van der Waals surface area contributed by atoms with Gasteiger partial charge in [-0.1, -0.05) is 30.5 Å². The van der Waals surface area contributed by atoms with Gasteiger partial charge in [-0.3, -0.25) is 4.79 Å². The maximum Gasteiger partial charge on any atom is 0.266 e. The van der Waals surface area contributed by atoms with Crippen molar-refractivity contribution in [1.82, 2.24) is 4.31 Å². The van der Waals surface area contributed by atoms with Crippen LogP contribution < -0.4 is 0 Å². The smallest absolute Gasteiger partial charge is 0.266 e. The number of hydrogen-bond donors (Lipinski definition) is 0. The van der Waals surface area contributed by atoms with Crippen molar-refractivity contribution >= 4 is 15.9 Å². The lowest BCUT2D eigenvalue weighted by atomic mass is 9.96. The number of aryl methyl sites for hydroxylation is 1. The third-order valence-electron chi connectivity index (χ3n) is 4.56. The molecular weight excluding hydrogens is 274 g/mol. The van der Waals surface area contributed by atoms with Crippen LogP contribution in [-0.2, 0) is 14.8 Å². The molecule has 0 atom stereocenters. The van der Waals surface area contributed by atoms with E-state index >= 15 is 0 Å². The van der Waals surface area contributed by atoms with Gasteiger partial charge in [-0.15, -0.1) is 0 Å². The number of amides is 1. The summed E-state index contributed by atoms with van der Waals surface area (Å²) in [5.74, 6) is -0.243. The van der Waals surface area contributed by atoms with E-state index in [4.69, 9.17) is 0 Å². The molecule has 0 radical (unpaired) electrons. The van der Waals surface area contributed by atoms with Crippen molar-refractivity contribution in [2.75, 3.05) is 0 Å². The second kappa shape index (κ2) is 4.58. The second-order valence-electron chi connectivity index (χ2n) is 5.91. The highest BCUT2D eigenvalue weighted by atomic mass is 32.2. The highest BCUT2D eigenvalue weighted by Crippen LogP contribution is 2.46. The molecule has 2 fully saturated rings. The van der Waals surface area contributed by atoms with Gasteiger partial charge in [0.25, 0.3) is 10.0 Å². The maximum atomic E-state index is 12.8. The number of carbonyl (C=O) groups excluding carboxylic acids is 1. The largest absolute Gasteiger partial charge is 0.274 e. The molecule has 0 bridgehead atoms. The molecule has 0 N–H and O–H groups in total. The van der Waals surface area contributed by atoms with Gasteiger partial charge in [-0.05, 0) is 38.3 Å². The molecule has 1 aromatic rings. The topological polar surface area (TPSA) is 54.5 Å². The average Bonchev–Trinajstić information content (AvgIpc) is 2.99. The summed E-state index contributed by atoms with van der Waals surface area (Å²) in [6.45, 7) is 1.91. The van der Waals surface area contributed by atoms with Crippen molar-refractivity contribution < 1.29 is 13.2 Å². The van der Waals surface area contributed by atoms with Crippen LogP contribution in [0.15, 0.2) is 29.2 Å². The van der Waals surface area contributed by atoms with E-state index in [9.17, 15) is 13.2 Å². The Kier molecular flexibility index (Phi) is 3.12. The minimum absolute atomic E-state index is 0.227. The number of carbonyl (C=O) groups is 1. The molecule has 1 aliphatic carbocycles. The highest BCUT2D eigenvalue weighted by molar-refractivity contribution is 7.89. The van der Waals surface area contributed by atoms with Gasteiger partial charge in [-0.25, -0.2) is 12.7 Å². The molecule has 1 saturated heterocycles. The summed E-state index contributed by atoms with van der Waals surface area (Å²) in [6.07, 6.45) is 4.66. The highest BCUT2D eigenvalue weighted by Gasteiger charge is 2.52. The molecule has 1 saturated carbocycles. The molecule has 0 unspecified atom stereocenters. The first-order valence-corrected chi connectivity index (χ1v) is 8.55. The minimum atomic E-state index is -3.71. The Bertz CT molecular complexity index is 628. The van der Waals surface area contributed by atoms with E-state index in [1.54, 1.807) is 24.3 Å². The SMILES string of the molecule is Cc1ccc(S(=O)(=O)N2C(=O)CCC23CCCC3)cc1. The fourth-order valence-corrected chi connectivity index (χ4v) is 5.33. The van der Waals surface area contributed by atoms with Crippen LogP contribution in [0, 0.1) is 6.92 Å². The van der Waals surface area contributed by atoms with Gasteiger partial charge in [0, 0.05) is 6.42 Å². The van der Waals surface area contributed by atoms with E-state index in [1.807, 2.05) is 6.92 Å². The Hall–Kier alpha value is -1.36. The normalized spacial score (nSPS) is 21.9. The van der Waals surface area contributed by atoms with E-state index in [2.05, 4.69) is 0 Å². The summed E-state index contributed by atoms with van der Waals surface area (Å²) in [6, 6.07) is 6.74. The van der Waals surface area contributed by atoms with Crippen LogP contribution >= 0.6 is 0 Å². The van der Waals surface area contributed by atoms with Crippen LogP contribution in [0.25, 0.3) is 0 Å². The Morgan fingerprint density at radius 3 is 2.25 bits per heavy atom. The van der Waals surface area contributed by atoms with Crippen LogP contribution in [0.2, 0.25) is 0 Å². The van der Waals surface area contributed by atoms with Crippen LogP contribution in [0.5, 0.6) is 0 Å². The van der Waals surface area contributed by atoms with Gasteiger partial charge in [0.05, 0.1) is 10.4 Å². The minimum Gasteiger partial charge on any atom is -0.274 e. The predicted molar refractivity (Wildman–Crippen MR) is 75.6 cm³/mol. The van der Waals surface area contributed by atoms with Crippen LogP contribution in [0.4, 0.5) is 0 Å². The Balaban J connectivity index is 2.05. The number of rotatable bonds is 2. The number of benzene rings is 1. The maximum absolute atomic E-state index is 12.8. The van der Waals surface area contributed by atoms with Gasteiger partial charge in [-0.2, -0.15) is 0 Å². The van der Waals surface area contributed by atoms with E-state index in [-0.39, 0.29) is 10.8 Å². The molecule has 108 valence electrons. The molecular formula is C15H19NO3S. The first-order valence-electron chi connectivity index (χ1n) is 7.11. The third kappa shape index (κ3) is 1.95. The van der Waals surface area contributed by atoms with Crippen molar-refractivity contribution in [1.29, 1.82) is 0 Å². The summed E-state index contributed by atoms with van der Waals surface area (Å²) in [4.78, 5) is 12.4. The molecule has 1 amide bonds.